The minimum atomic E-state index is -1.13. The zero-order valence-corrected chi connectivity index (χ0v) is 47.4. The zero-order chi connectivity index (χ0) is 54.8. The number of anilines is 2. The number of rotatable bonds is 12. The van der Waals surface area contributed by atoms with E-state index in [4.69, 9.17) is 37.4 Å². The fourth-order valence-corrected chi connectivity index (χ4v) is 11.6. The molecule has 22 heteroatoms. The third kappa shape index (κ3) is 13.3. The number of carbonyl (C=O) groups excluding carboxylic acids is 5. The normalized spacial score (nSPS) is 20.0. The highest BCUT2D eigenvalue weighted by Gasteiger charge is 2.48. The Hall–Kier alpha value is -5.70. The molecule has 0 unspecified atom stereocenters. The van der Waals surface area contributed by atoms with E-state index in [9.17, 15) is 33.9 Å². The Morgan fingerprint density at radius 3 is 1.40 bits per heavy atom. The van der Waals surface area contributed by atoms with Crippen LogP contribution in [-0.4, -0.2) is 127 Å². The highest BCUT2D eigenvalue weighted by atomic mass is 35.5. The van der Waals surface area contributed by atoms with E-state index in [-0.39, 0.29) is 37.7 Å². The lowest BCUT2D eigenvalue weighted by Gasteiger charge is -2.35. The quantitative estimate of drug-likeness (QED) is 0.0890. The Balaban J connectivity index is 0.000000219. The molecule has 8 rings (SSSR count). The number of carboxylic acids is 1. The molecule has 0 aliphatic carbocycles. The summed E-state index contributed by atoms with van der Waals surface area (Å²) >= 11 is 15.5. The maximum Gasteiger partial charge on any atom is 0.410 e. The van der Waals surface area contributed by atoms with Crippen LogP contribution in [0.1, 0.15) is 126 Å². The first-order valence-electron chi connectivity index (χ1n) is 25.0. The Kier molecular flexibility index (Phi) is 17.7. The lowest BCUT2D eigenvalue weighted by atomic mass is 9.85. The van der Waals surface area contributed by atoms with Crippen molar-refractivity contribution in [3.63, 3.8) is 0 Å². The van der Waals surface area contributed by atoms with Crippen LogP contribution in [0.2, 0.25) is 10.0 Å². The van der Waals surface area contributed by atoms with Gasteiger partial charge in [0.25, 0.3) is 0 Å². The largest absolute Gasteiger partial charge is 0.480 e. The summed E-state index contributed by atoms with van der Waals surface area (Å²) in [6.07, 6.45) is 1.36. The highest BCUT2D eigenvalue weighted by Crippen LogP contribution is 2.36. The van der Waals surface area contributed by atoms with Crippen LogP contribution in [0, 0.1) is 10.8 Å². The Morgan fingerprint density at radius 1 is 0.653 bits per heavy atom. The number of halogens is 2. The summed E-state index contributed by atoms with van der Waals surface area (Å²) in [5.74, 6) is -1.67. The van der Waals surface area contributed by atoms with Crippen LogP contribution in [0.5, 0.6) is 0 Å². The summed E-state index contributed by atoms with van der Waals surface area (Å²) in [6.45, 7) is 21.5. The number of ether oxygens (including phenoxy) is 3. The zero-order valence-electron chi connectivity index (χ0n) is 44.3. The maximum atomic E-state index is 13.9. The predicted octanol–water partition coefficient (Wildman–Crippen LogP) is 9.99. The molecule has 4 amide bonds. The number of carbonyl (C=O) groups is 6. The molecular formula is C53H68Cl2N8O10S2. The summed E-state index contributed by atoms with van der Waals surface area (Å²) < 4.78 is 16.5. The van der Waals surface area contributed by atoms with Gasteiger partial charge in [-0.15, -0.1) is 22.7 Å². The first-order chi connectivity index (χ1) is 35.2. The van der Waals surface area contributed by atoms with Crippen LogP contribution in [0.4, 0.5) is 19.9 Å². The van der Waals surface area contributed by atoms with Gasteiger partial charge in [-0.2, -0.15) is 0 Å². The van der Waals surface area contributed by atoms with Crippen LogP contribution >= 0.6 is 45.9 Å². The standard InChI is InChI=1S/C27H35ClN4O5S.C26H33ClN4O5S/c1-15(2)21-11-29-25(38-21)30-22(27(3,4)5)23(33)32-13-17(10-20(32)24(34)36-6)37-26(35)31-12-16-8-7-9-19(28)18(16)14-31;1-14(2)20-10-28-24(37-20)29-21(26(3,4)5)22(32)31-12-16(9-19(31)23(33)34)36-25(35)30-11-15-7-6-8-18(27)17(15)13-30/h7-9,11,15,17,20,22H,10,12-14H2,1-6H3,(H,29,30);6-8,10,14,16,19,21H,9,11-13H2,1-5H3,(H,28,29)(H,33,34)/t17-,20+,22-;16-,19+,21-/m11/s1. The van der Waals surface area contributed by atoms with E-state index >= 15 is 0 Å². The van der Waals surface area contributed by atoms with Gasteiger partial charge in [-0.1, -0.05) is 117 Å². The molecule has 75 heavy (non-hydrogen) atoms. The molecule has 0 bridgehead atoms. The lowest BCUT2D eigenvalue weighted by Crippen LogP contribution is -2.52. The maximum absolute atomic E-state index is 13.9. The fraction of sp³-hybridized carbons (Fsp3) is 0.547. The molecule has 2 aromatic carbocycles. The Morgan fingerprint density at radius 2 is 1.05 bits per heavy atom. The number of aromatic nitrogens is 2. The van der Waals surface area contributed by atoms with Crippen LogP contribution in [0.25, 0.3) is 0 Å². The van der Waals surface area contributed by atoms with E-state index in [0.29, 0.717) is 58.3 Å². The van der Waals surface area contributed by atoms with Crippen molar-refractivity contribution >= 4 is 92.1 Å². The molecular weight excluding hydrogens is 1040 g/mol. The average molecular weight is 1110 g/mol. The molecule has 0 saturated carbocycles. The summed E-state index contributed by atoms with van der Waals surface area (Å²) in [5, 5.41) is 18.9. The number of nitrogens with one attached hydrogen (secondary N) is 2. The van der Waals surface area contributed by atoms with Gasteiger partial charge in [-0.25, -0.2) is 29.1 Å². The summed E-state index contributed by atoms with van der Waals surface area (Å²) in [6, 6.07) is 7.79. The smallest absolute Gasteiger partial charge is 0.410 e. The topological polar surface area (TPSA) is 213 Å². The number of fused-ring (bicyclic) bond motifs is 2. The first kappa shape index (κ1) is 57.0. The van der Waals surface area contributed by atoms with Gasteiger partial charge >= 0.3 is 24.1 Å². The van der Waals surface area contributed by atoms with E-state index in [1.807, 2.05) is 72.0 Å². The average Bonchev–Trinajstić information content (AvgIpc) is 4.20. The van der Waals surface area contributed by atoms with Crippen LogP contribution in [-0.2, 0) is 59.6 Å². The monoisotopic (exact) mass is 1110 g/mol. The number of amides is 4. The summed E-state index contributed by atoms with van der Waals surface area (Å²) in [7, 11) is 1.29. The van der Waals surface area contributed by atoms with Gasteiger partial charge in [0.2, 0.25) is 11.8 Å². The molecule has 2 fully saturated rings. The van der Waals surface area contributed by atoms with Gasteiger partial charge < -0.3 is 39.8 Å². The van der Waals surface area contributed by atoms with E-state index < -0.39 is 71.3 Å². The second-order valence-electron chi connectivity index (χ2n) is 22.2. The van der Waals surface area contributed by atoms with E-state index in [1.54, 1.807) is 23.2 Å². The number of esters is 1. The van der Waals surface area contributed by atoms with Crippen molar-refractivity contribution in [3.05, 3.63) is 90.8 Å². The SMILES string of the molecule is CC(C)c1cnc(N[C@H](C(=O)N2C[C@H](OC(=O)N3Cc4cccc(Cl)c4C3)C[C@H]2C(=O)O)C(C)(C)C)s1.COC(=O)[C@@H]1C[C@@H](OC(=O)N2Cc3cccc(Cl)c3C2)CN1C(=O)[C@@H](Nc1ncc(C(C)C)s1)C(C)(C)C. The molecule has 3 N–H and O–H groups in total. The molecule has 4 aromatic rings. The predicted molar refractivity (Wildman–Crippen MR) is 288 cm³/mol. The van der Waals surface area contributed by atoms with Crippen LogP contribution < -0.4 is 10.6 Å². The van der Waals surface area contributed by atoms with Gasteiger partial charge in [0, 0.05) is 58.1 Å². The molecule has 6 atom stereocenters. The van der Waals surface area contributed by atoms with Gasteiger partial charge in [0.1, 0.15) is 36.4 Å². The number of nitrogens with zero attached hydrogens (tertiary/aromatic N) is 6. The second-order valence-corrected chi connectivity index (χ2v) is 25.1. The molecule has 2 aromatic heterocycles. The summed E-state index contributed by atoms with van der Waals surface area (Å²) in [4.78, 5) is 95.3. The van der Waals surface area contributed by atoms with Crippen molar-refractivity contribution in [1.82, 2.24) is 29.6 Å². The summed E-state index contributed by atoms with van der Waals surface area (Å²) in [5.41, 5.74) is 2.71. The highest BCUT2D eigenvalue weighted by molar-refractivity contribution is 7.16. The van der Waals surface area contributed by atoms with Gasteiger partial charge in [0.05, 0.1) is 33.3 Å². The van der Waals surface area contributed by atoms with Gasteiger partial charge in [-0.05, 0) is 57.1 Å². The van der Waals surface area contributed by atoms with Crippen molar-refractivity contribution in [1.29, 1.82) is 0 Å². The molecule has 4 aliphatic heterocycles. The van der Waals surface area contributed by atoms with E-state index in [1.165, 1.54) is 44.5 Å². The van der Waals surface area contributed by atoms with E-state index in [0.717, 1.165) is 32.0 Å². The minimum absolute atomic E-state index is 0.00641. The number of hydrogen-bond acceptors (Lipinski definition) is 15. The van der Waals surface area contributed by atoms with Gasteiger partial charge in [0.15, 0.2) is 10.3 Å². The molecule has 2 saturated heterocycles. The van der Waals surface area contributed by atoms with Crippen molar-refractivity contribution in [2.45, 2.75) is 156 Å². The van der Waals surface area contributed by atoms with Gasteiger partial charge in [-0.3, -0.25) is 19.4 Å². The Labute approximate surface area is 456 Å². The first-order valence-corrected chi connectivity index (χ1v) is 27.4. The van der Waals surface area contributed by atoms with Crippen LogP contribution in [0.15, 0.2) is 48.8 Å². The Bertz CT molecular complexity index is 2770. The van der Waals surface area contributed by atoms with Crippen molar-refractivity contribution in [3.8, 4) is 0 Å². The lowest BCUT2D eigenvalue weighted by molar-refractivity contribution is -0.151. The number of hydrogen-bond donors (Lipinski definition) is 3. The number of likely N-dealkylation sites (tertiary alicyclic amines) is 2. The number of benzene rings is 2. The van der Waals surface area contributed by atoms with E-state index in [2.05, 4.69) is 48.3 Å². The molecule has 0 radical (unpaired) electrons. The number of thiazole rings is 2. The molecule has 6 heterocycles. The molecule has 0 spiro atoms. The van der Waals surface area contributed by atoms with Crippen molar-refractivity contribution in [2.24, 2.45) is 10.8 Å². The molecule has 406 valence electrons. The number of methoxy groups -OCH3 is 1. The molecule has 4 aliphatic rings. The van der Waals surface area contributed by atoms with Crippen molar-refractivity contribution in [2.75, 3.05) is 30.8 Å². The second kappa shape index (κ2) is 23.3. The minimum Gasteiger partial charge on any atom is -0.480 e. The molecule has 18 nitrogen and oxygen atoms in total. The van der Waals surface area contributed by atoms with Crippen LogP contribution in [0.3, 0.4) is 0 Å². The third-order valence-electron chi connectivity index (χ3n) is 13.7. The number of carboxylic acid groups (broad SMARTS) is 1. The van der Waals surface area contributed by atoms with Crippen molar-refractivity contribution < 1.29 is 48.1 Å². The fourth-order valence-electron chi connectivity index (χ4n) is 9.42. The number of aliphatic carboxylic acids is 1. The third-order valence-corrected chi connectivity index (χ3v) is 16.9.